The van der Waals surface area contributed by atoms with E-state index in [1.54, 1.807) is 12.1 Å². The maximum atomic E-state index is 10.9. The van der Waals surface area contributed by atoms with Crippen LogP contribution in [0.5, 0.6) is 11.5 Å². The fraction of sp³-hybridized carbons (Fsp3) is 0.450. The quantitative estimate of drug-likeness (QED) is 0.225. The molecular formula is C40H48N2O2. The Morgan fingerprint density at radius 2 is 0.841 bits per heavy atom. The van der Waals surface area contributed by atoms with Gasteiger partial charge in [0, 0.05) is 11.1 Å². The summed E-state index contributed by atoms with van der Waals surface area (Å²) in [4.78, 5) is 10.4. The number of hydrogen-bond donors (Lipinski definition) is 2. The minimum atomic E-state index is -0.116. The van der Waals surface area contributed by atoms with Crippen LogP contribution in [0.3, 0.4) is 0 Å². The normalized spacial score (nSPS) is 18.0. The summed E-state index contributed by atoms with van der Waals surface area (Å²) in [5, 5.41) is 21.8. The van der Waals surface area contributed by atoms with E-state index in [-0.39, 0.29) is 33.2 Å². The van der Waals surface area contributed by atoms with Gasteiger partial charge in [0.2, 0.25) is 0 Å². The average molecular weight is 589 g/mol. The van der Waals surface area contributed by atoms with Crippen molar-refractivity contribution in [2.24, 2.45) is 10.8 Å². The predicted octanol–water partition coefficient (Wildman–Crippen LogP) is 10.6. The number of phenols is 2. The van der Waals surface area contributed by atoms with E-state index in [2.05, 4.69) is 65.8 Å². The zero-order valence-corrected chi connectivity index (χ0v) is 27.4. The number of para-hydroxylation sites is 2. The van der Waals surface area contributed by atoms with E-state index >= 15 is 0 Å². The average Bonchev–Trinajstić information content (AvgIpc) is 3.67. The lowest BCUT2D eigenvalue weighted by Crippen LogP contribution is -2.37. The standard InChI is InChI=1S/C40H48N2O2/c1-37(2,39(5)19-11-12-20-39)27-23-31(29-15-7-9-17-35(29)43)41-33(25-27)34-26-28(38(3,4)40(6)21-13-14-22-40)24-32(42-34)30-16-8-10-18-36(30)44/h7-10,15-18,23-26,43-44H,11-14,19-22H2,1-6H3. The minimum absolute atomic E-state index is 0.116. The molecule has 0 saturated heterocycles. The predicted molar refractivity (Wildman–Crippen MR) is 181 cm³/mol. The van der Waals surface area contributed by atoms with Crippen LogP contribution in [0.1, 0.15) is 104 Å². The summed E-state index contributed by atoms with van der Waals surface area (Å²) in [7, 11) is 0. The highest BCUT2D eigenvalue weighted by atomic mass is 16.3. The van der Waals surface area contributed by atoms with Crippen LogP contribution in [0, 0.1) is 10.8 Å². The molecule has 0 atom stereocenters. The molecule has 6 rings (SSSR count). The van der Waals surface area contributed by atoms with Gasteiger partial charge in [-0.05, 0) is 107 Å². The van der Waals surface area contributed by atoms with Gasteiger partial charge in [0.25, 0.3) is 0 Å². The molecule has 0 unspecified atom stereocenters. The number of pyridine rings is 2. The highest BCUT2D eigenvalue weighted by Gasteiger charge is 2.45. The minimum Gasteiger partial charge on any atom is -0.507 e. The number of aromatic hydroxyl groups is 2. The van der Waals surface area contributed by atoms with Crippen molar-refractivity contribution in [1.82, 2.24) is 9.97 Å². The lowest BCUT2D eigenvalue weighted by atomic mass is 9.61. The van der Waals surface area contributed by atoms with E-state index in [4.69, 9.17) is 9.97 Å². The van der Waals surface area contributed by atoms with Gasteiger partial charge in [-0.2, -0.15) is 0 Å². The molecule has 4 nitrogen and oxygen atoms in total. The van der Waals surface area contributed by atoms with Crippen molar-refractivity contribution < 1.29 is 10.2 Å². The number of hydrogen-bond acceptors (Lipinski definition) is 4. The van der Waals surface area contributed by atoms with Gasteiger partial charge in [-0.15, -0.1) is 0 Å². The molecule has 2 fully saturated rings. The molecule has 0 aliphatic heterocycles. The highest BCUT2D eigenvalue weighted by molar-refractivity contribution is 5.74. The van der Waals surface area contributed by atoms with Crippen molar-refractivity contribution in [1.29, 1.82) is 0 Å². The van der Waals surface area contributed by atoms with E-state index in [1.807, 2.05) is 36.4 Å². The molecule has 230 valence electrons. The fourth-order valence-corrected chi connectivity index (χ4v) is 7.96. The summed E-state index contributed by atoms with van der Waals surface area (Å²) in [5.74, 6) is 0.444. The SMILES string of the molecule is CC1(C(C)(C)c2cc(-c3cc(C(C)(C)C4(C)CCCC4)cc(-c4ccccc4O)n3)nc(-c3ccccc3O)c2)CCCC1. The number of aromatic nitrogens is 2. The number of benzene rings is 2. The molecular weight excluding hydrogens is 540 g/mol. The highest BCUT2D eigenvalue weighted by Crippen LogP contribution is 2.54. The van der Waals surface area contributed by atoms with Gasteiger partial charge in [0.15, 0.2) is 0 Å². The van der Waals surface area contributed by atoms with Gasteiger partial charge in [-0.1, -0.05) is 91.5 Å². The zero-order chi connectivity index (χ0) is 31.3. The molecule has 0 spiro atoms. The summed E-state index contributed by atoms with van der Waals surface area (Å²) in [6.45, 7) is 14.3. The van der Waals surface area contributed by atoms with Gasteiger partial charge in [-0.3, -0.25) is 0 Å². The van der Waals surface area contributed by atoms with Crippen molar-refractivity contribution >= 4 is 0 Å². The third-order valence-corrected chi connectivity index (χ3v) is 12.1. The summed E-state index contributed by atoms with van der Waals surface area (Å²) in [6, 6.07) is 23.8. The largest absolute Gasteiger partial charge is 0.507 e. The second-order valence-corrected chi connectivity index (χ2v) is 15.1. The van der Waals surface area contributed by atoms with Crippen LogP contribution >= 0.6 is 0 Å². The Bertz CT molecular complexity index is 1550. The molecule has 2 aliphatic rings. The summed E-state index contributed by atoms with van der Waals surface area (Å²) < 4.78 is 0. The maximum Gasteiger partial charge on any atom is 0.124 e. The Morgan fingerprint density at radius 1 is 0.523 bits per heavy atom. The van der Waals surface area contributed by atoms with E-state index in [0.29, 0.717) is 0 Å². The second kappa shape index (κ2) is 11.1. The lowest BCUT2D eigenvalue weighted by molar-refractivity contribution is 0.178. The summed E-state index contributed by atoms with van der Waals surface area (Å²) in [5.41, 5.74) is 7.05. The molecule has 0 amide bonds. The van der Waals surface area contributed by atoms with Gasteiger partial charge >= 0.3 is 0 Å². The Labute approximate surface area is 263 Å². The third-order valence-electron chi connectivity index (χ3n) is 12.1. The first kappa shape index (κ1) is 30.4. The first-order valence-corrected chi connectivity index (χ1v) is 16.5. The Kier molecular flexibility index (Phi) is 7.63. The van der Waals surface area contributed by atoms with E-state index in [1.165, 1.54) is 62.5 Å². The van der Waals surface area contributed by atoms with Crippen molar-refractivity contribution in [2.45, 2.75) is 104 Å². The first-order chi connectivity index (χ1) is 20.8. The molecule has 2 aromatic heterocycles. The van der Waals surface area contributed by atoms with Gasteiger partial charge < -0.3 is 10.2 Å². The molecule has 2 heterocycles. The number of rotatable bonds is 7. The lowest BCUT2D eigenvalue weighted by Gasteiger charge is -2.43. The van der Waals surface area contributed by atoms with E-state index in [0.717, 1.165) is 33.9 Å². The van der Waals surface area contributed by atoms with Crippen molar-refractivity contribution in [3.63, 3.8) is 0 Å². The van der Waals surface area contributed by atoms with Crippen LogP contribution in [0.2, 0.25) is 0 Å². The van der Waals surface area contributed by atoms with Crippen LogP contribution in [0.25, 0.3) is 33.9 Å². The fourth-order valence-electron chi connectivity index (χ4n) is 7.96. The van der Waals surface area contributed by atoms with Crippen LogP contribution in [0.15, 0.2) is 72.8 Å². The van der Waals surface area contributed by atoms with Crippen molar-refractivity contribution in [2.75, 3.05) is 0 Å². The summed E-state index contributed by atoms with van der Waals surface area (Å²) in [6.07, 6.45) is 9.81. The second-order valence-electron chi connectivity index (χ2n) is 15.1. The Hall–Kier alpha value is -3.66. The monoisotopic (exact) mass is 588 g/mol. The molecule has 2 aromatic carbocycles. The topological polar surface area (TPSA) is 66.2 Å². The molecule has 2 saturated carbocycles. The van der Waals surface area contributed by atoms with Crippen LogP contribution < -0.4 is 0 Å². The van der Waals surface area contributed by atoms with Crippen molar-refractivity contribution in [3.8, 4) is 45.4 Å². The van der Waals surface area contributed by atoms with E-state index < -0.39 is 0 Å². The molecule has 2 N–H and O–H groups in total. The van der Waals surface area contributed by atoms with Gasteiger partial charge in [0.1, 0.15) is 11.5 Å². The number of phenolic OH excluding ortho intramolecular Hbond substituents is 2. The Balaban J connectivity index is 1.60. The Morgan fingerprint density at radius 3 is 1.18 bits per heavy atom. The van der Waals surface area contributed by atoms with Crippen LogP contribution in [-0.4, -0.2) is 20.2 Å². The smallest absolute Gasteiger partial charge is 0.124 e. The number of nitrogens with zero attached hydrogens (tertiary/aromatic N) is 2. The maximum absolute atomic E-state index is 10.9. The van der Waals surface area contributed by atoms with E-state index in [9.17, 15) is 10.2 Å². The van der Waals surface area contributed by atoms with Crippen molar-refractivity contribution in [3.05, 3.63) is 83.9 Å². The molecule has 0 radical (unpaired) electrons. The molecule has 0 bridgehead atoms. The molecule has 44 heavy (non-hydrogen) atoms. The zero-order valence-electron chi connectivity index (χ0n) is 27.4. The van der Waals surface area contributed by atoms with Gasteiger partial charge in [-0.25, -0.2) is 9.97 Å². The van der Waals surface area contributed by atoms with Crippen LogP contribution in [0.4, 0.5) is 0 Å². The first-order valence-electron chi connectivity index (χ1n) is 16.5. The molecule has 4 aromatic rings. The third kappa shape index (κ3) is 5.10. The van der Waals surface area contributed by atoms with Gasteiger partial charge in [0.05, 0.1) is 22.8 Å². The summed E-state index contributed by atoms with van der Waals surface area (Å²) >= 11 is 0. The molecule has 2 aliphatic carbocycles. The molecule has 4 heteroatoms. The van der Waals surface area contributed by atoms with Crippen LogP contribution in [-0.2, 0) is 10.8 Å².